The van der Waals surface area contributed by atoms with E-state index in [0.717, 1.165) is 70.6 Å². The van der Waals surface area contributed by atoms with Crippen LogP contribution in [0.1, 0.15) is 341 Å². The average molecular weight is 1530 g/mol. The maximum atomic E-state index is 13.5. The van der Waals surface area contributed by atoms with Gasteiger partial charge >= 0.3 is 0 Å². The highest BCUT2D eigenvalue weighted by Gasteiger charge is 2.54. The number of hydrogen-bond acceptors (Lipinski definition) is 18. The molecular weight excluding hydrogens is 1370 g/mol. The number of unbranched alkanes of at least 4 members (excludes halogenated alkanes) is 42. The standard InChI is InChI=1S/C89H159NO18/c1-3-5-7-9-11-13-15-17-19-21-23-25-27-29-31-33-35-36-37-39-41-43-45-47-49-51-53-55-57-59-61-63-65-67-77(95)90-72(73(94)66-64-62-60-58-56-54-52-50-48-46-44-42-40-38-34-32-30-28-26-24-22-20-18-16-14-12-10-8-6-4-2)71-103-87-83(101)80(98)85(75(69-92)105-87)108-89-84(102)81(99)86(76(70-93)106-89)107-88-82(100)79(97)78(96)74(68-91)104-88/h5,7,11,13,17,19,23,25,48,50,56,58,64,66,72-76,78-89,91-94,96-102H,3-4,6,8-10,12,14-16,18,20-22,24,26-47,49,51-55,57,59-63,65,67-71H2,1-2H3,(H,90,95)/b7-5-,13-11-,19-17-,25-23-,50-48+,58-56+,66-64+. The fourth-order valence-electron chi connectivity index (χ4n) is 14.5. The van der Waals surface area contributed by atoms with Crippen molar-refractivity contribution in [3.05, 3.63) is 85.1 Å². The highest BCUT2D eigenvalue weighted by Crippen LogP contribution is 2.33. The van der Waals surface area contributed by atoms with Gasteiger partial charge in [-0.25, -0.2) is 0 Å². The SMILES string of the molecule is CC/C=C\C/C=C\C/C=C\C/C=C\CCCCCCCCCCCCCCCCCCCCCCC(=O)NC(COC1OC(CO)C(OC2OC(CO)C(OC3OC(CO)C(O)C(O)C3O)C(O)C2O)C(O)C1O)C(O)/C=C/CC/C=C/CC/C=C/CCCCCCCCCCCCCCCCCCCCCC. The number of nitrogens with one attached hydrogen (secondary N) is 1. The van der Waals surface area contributed by atoms with E-state index >= 15 is 0 Å². The molecule has 108 heavy (non-hydrogen) atoms. The lowest BCUT2D eigenvalue weighted by Crippen LogP contribution is -2.66. The molecule has 0 bridgehead atoms. The predicted octanol–water partition coefficient (Wildman–Crippen LogP) is 16.1. The predicted molar refractivity (Wildman–Crippen MR) is 434 cm³/mol. The van der Waals surface area contributed by atoms with Crippen LogP contribution in [0.4, 0.5) is 0 Å². The van der Waals surface area contributed by atoms with Crippen LogP contribution in [0.25, 0.3) is 0 Å². The third-order valence-electron chi connectivity index (χ3n) is 21.4. The Labute approximate surface area is 654 Å². The number of carbonyl (C=O) groups is 1. The quantitative estimate of drug-likeness (QED) is 0.0199. The van der Waals surface area contributed by atoms with E-state index in [9.17, 15) is 61.0 Å². The molecule has 0 saturated carbocycles. The summed E-state index contributed by atoms with van der Waals surface area (Å²) < 4.78 is 34.5. The number of aliphatic hydroxyl groups excluding tert-OH is 11. The number of allylic oxidation sites excluding steroid dienone is 13. The largest absolute Gasteiger partial charge is 0.394 e. The number of carbonyl (C=O) groups excluding carboxylic acids is 1. The Kier molecular flexibility index (Phi) is 62.8. The monoisotopic (exact) mass is 1530 g/mol. The van der Waals surface area contributed by atoms with Crippen LogP contribution >= 0.6 is 0 Å². The summed E-state index contributed by atoms with van der Waals surface area (Å²) in [6.45, 7) is 1.64. The van der Waals surface area contributed by atoms with Crippen molar-refractivity contribution in [3.8, 4) is 0 Å². The van der Waals surface area contributed by atoms with Crippen molar-refractivity contribution in [1.82, 2.24) is 5.32 Å². The zero-order chi connectivity index (χ0) is 78.1. The van der Waals surface area contributed by atoms with Gasteiger partial charge in [-0.2, -0.15) is 0 Å². The van der Waals surface area contributed by atoms with Crippen LogP contribution in [0.15, 0.2) is 85.1 Å². The van der Waals surface area contributed by atoms with Crippen LogP contribution in [0.5, 0.6) is 0 Å². The number of rotatable bonds is 70. The number of amides is 1. The zero-order valence-electron chi connectivity index (χ0n) is 67.6. The van der Waals surface area contributed by atoms with E-state index in [-0.39, 0.29) is 18.9 Å². The molecule has 17 atom stereocenters. The normalized spacial score (nSPS) is 25.8. The zero-order valence-corrected chi connectivity index (χ0v) is 67.6. The molecule has 3 aliphatic rings. The second kappa shape index (κ2) is 68.4. The summed E-state index contributed by atoms with van der Waals surface area (Å²) >= 11 is 0. The first-order chi connectivity index (χ1) is 52.8. The maximum Gasteiger partial charge on any atom is 0.220 e. The summed E-state index contributed by atoms with van der Waals surface area (Å²) in [5.74, 6) is -0.286. The van der Waals surface area contributed by atoms with Crippen LogP contribution < -0.4 is 5.32 Å². The summed E-state index contributed by atoms with van der Waals surface area (Å²) in [5, 5.41) is 121. The van der Waals surface area contributed by atoms with Crippen molar-refractivity contribution in [1.29, 1.82) is 0 Å². The summed E-state index contributed by atoms with van der Waals surface area (Å²) in [6.07, 6.45) is 65.9. The van der Waals surface area contributed by atoms with Crippen molar-refractivity contribution in [2.45, 2.75) is 446 Å². The summed E-state index contributed by atoms with van der Waals surface area (Å²) in [4.78, 5) is 13.5. The van der Waals surface area contributed by atoms with Crippen LogP contribution in [-0.4, -0.2) is 193 Å². The van der Waals surface area contributed by atoms with Gasteiger partial charge in [-0.05, 0) is 83.5 Å². The molecule has 0 aliphatic carbocycles. The lowest BCUT2D eigenvalue weighted by Gasteiger charge is -2.48. The third kappa shape index (κ3) is 47.0. The molecule has 628 valence electrons. The lowest BCUT2D eigenvalue weighted by molar-refractivity contribution is -0.379. The first kappa shape index (κ1) is 99.2. The van der Waals surface area contributed by atoms with Crippen molar-refractivity contribution < 1.29 is 89.4 Å². The minimum Gasteiger partial charge on any atom is -0.394 e. The Bertz CT molecular complexity index is 2280. The van der Waals surface area contributed by atoms with E-state index in [1.165, 1.54) is 238 Å². The Morgan fingerprint density at radius 3 is 1.04 bits per heavy atom. The Morgan fingerprint density at radius 1 is 0.343 bits per heavy atom. The van der Waals surface area contributed by atoms with Crippen LogP contribution in [0.3, 0.4) is 0 Å². The summed E-state index contributed by atoms with van der Waals surface area (Å²) in [5.41, 5.74) is 0. The van der Waals surface area contributed by atoms with E-state index in [4.69, 9.17) is 28.4 Å². The van der Waals surface area contributed by atoms with Gasteiger partial charge in [0.1, 0.15) is 73.2 Å². The number of hydrogen-bond donors (Lipinski definition) is 12. The molecular formula is C89H159NO18. The molecule has 1 amide bonds. The van der Waals surface area contributed by atoms with Crippen LogP contribution in [0.2, 0.25) is 0 Å². The fourth-order valence-corrected chi connectivity index (χ4v) is 14.5. The Hall–Kier alpha value is -3.03. The maximum absolute atomic E-state index is 13.5. The molecule has 3 saturated heterocycles. The Balaban J connectivity index is 1.35. The molecule has 3 heterocycles. The van der Waals surface area contributed by atoms with Crippen molar-refractivity contribution >= 4 is 5.91 Å². The van der Waals surface area contributed by atoms with Gasteiger partial charge in [0.05, 0.1) is 38.6 Å². The second-order valence-corrected chi connectivity index (χ2v) is 31.0. The lowest BCUT2D eigenvalue weighted by atomic mass is 9.96. The van der Waals surface area contributed by atoms with E-state index in [0.29, 0.717) is 12.8 Å². The van der Waals surface area contributed by atoms with Gasteiger partial charge in [0.25, 0.3) is 0 Å². The highest BCUT2D eigenvalue weighted by molar-refractivity contribution is 5.76. The van der Waals surface area contributed by atoms with Gasteiger partial charge in [0.2, 0.25) is 5.91 Å². The molecule has 19 heteroatoms. The van der Waals surface area contributed by atoms with Crippen molar-refractivity contribution in [2.75, 3.05) is 26.4 Å². The van der Waals surface area contributed by atoms with Crippen molar-refractivity contribution in [3.63, 3.8) is 0 Å². The first-order valence-electron chi connectivity index (χ1n) is 43.8. The van der Waals surface area contributed by atoms with E-state index < -0.39 is 124 Å². The van der Waals surface area contributed by atoms with Gasteiger partial charge in [-0.3, -0.25) is 4.79 Å². The molecule has 3 aliphatic heterocycles. The molecule has 0 aromatic heterocycles. The van der Waals surface area contributed by atoms with Crippen molar-refractivity contribution in [2.24, 2.45) is 0 Å². The summed E-state index contributed by atoms with van der Waals surface area (Å²) in [7, 11) is 0. The molecule has 0 spiro atoms. The summed E-state index contributed by atoms with van der Waals surface area (Å²) in [6, 6.07) is -1.00. The third-order valence-corrected chi connectivity index (χ3v) is 21.4. The molecule has 0 radical (unpaired) electrons. The van der Waals surface area contributed by atoms with Gasteiger partial charge in [-0.1, -0.05) is 336 Å². The second-order valence-electron chi connectivity index (χ2n) is 31.0. The van der Waals surface area contributed by atoms with Gasteiger partial charge in [0.15, 0.2) is 18.9 Å². The van der Waals surface area contributed by atoms with Crippen LogP contribution in [-0.2, 0) is 33.2 Å². The molecule has 19 nitrogen and oxygen atoms in total. The number of aliphatic hydroxyl groups is 11. The van der Waals surface area contributed by atoms with Crippen LogP contribution in [0, 0.1) is 0 Å². The first-order valence-corrected chi connectivity index (χ1v) is 43.8. The van der Waals surface area contributed by atoms with Gasteiger partial charge < -0.3 is 89.9 Å². The molecule has 3 fully saturated rings. The number of ether oxygens (including phenoxy) is 6. The molecule has 12 N–H and O–H groups in total. The average Bonchev–Trinajstić information content (AvgIpc) is 0.779. The molecule has 3 rings (SSSR count). The topological polar surface area (TPSA) is 307 Å². The molecule has 17 unspecified atom stereocenters. The minimum atomic E-state index is -1.99. The van der Waals surface area contributed by atoms with Gasteiger partial charge in [0, 0.05) is 6.42 Å². The van der Waals surface area contributed by atoms with E-state index in [2.05, 4.69) is 92.1 Å². The molecule has 0 aromatic rings. The van der Waals surface area contributed by atoms with E-state index in [1.54, 1.807) is 6.08 Å². The Morgan fingerprint density at radius 2 is 0.648 bits per heavy atom. The van der Waals surface area contributed by atoms with Gasteiger partial charge in [-0.15, -0.1) is 0 Å². The highest BCUT2D eigenvalue weighted by atomic mass is 16.8. The minimum absolute atomic E-state index is 0.231. The van der Waals surface area contributed by atoms with E-state index in [1.807, 2.05) is 6.08 Å². The smallest absolute Gasteiger partial charge is 0.220 e. The molecule has 0 aromatic carbocycles. The fraction of sp³-hybridized carbons (Fsp3) is 0.831.